The second-order valence-electron chi connectivity index (χ2n) is 4.77. The molecule has 0 rings (SSSR count). The Morgan fingerprint density at radius 3 is 1.74 bits per heavy atom. The molecule has 0 radical (unpaired) electrons. The van der Waals surface area contributed by atoms with E-state index < -0.39 is 35.8 Å². The number of nitrogens with zero attached hydrogens (tertiary/aromatic N) is 2. The van der Waals surface area contributed by atoms with Crippen LogP contribution in [0.1, 0.15) is 20.8 Å². The molecule has 0 aliphatic carbocycles. The van der Waals surface area contributed by atoms with Crippen LogP contribution < -0.4 is 33.4 Å². The van der Waals surface area contributed by atoms with Crippen LogP contribution in [0.4, 0.5) is 19.2 Å². The molecule has 0 aromatic rings. The third-order valence-corrected chi connectivity index (χ3v) is 3.08. The van der Waals surface area contributed by atoms with Gasteiger partial charge in [0.25, 0.3) is 0 Å². The van der Waals surface area contributed by atoms with Crippen LogP contribution in [0.3, 0.4) is 0 Å². The maximum Gasteiger partial charge on any atom is 0.426 e. The molecule has 0 aliphatic heterocycles. The van der Waals surface area contributed by atoms with Crippen LogP contribution in [-0.4, -0.2) is 56.1 Å². The Balaban J connectivity index is 5.52. The van der Waals surface area contributed by atoms with Crippen molar-refractivity contribution in [2.75, 3.05) is 0 Å². The van der Waals surface area contributed by atoms with Gasteiger partial charge >= 0.3 is 24.2 Å². The van der Waals surface area contributed by atoms with E-state index in [1.54, 1.807) is 10.9 Å². The van der Waals surface area contributed by atoms with Crippen molar-refractivity contribution in [3.63, 3.8) is 0 Å². The van der Waals surface area contributed by atoms with E-state index in [0.29, 0.717) is 10.0 Å². The van der Waals surface area contributed by atoms with Gasteiger partial charge in [-0.15, -0.1) is 0 Å². The Labute approximate surface area is 130 Å². The largest absolute Gasteiger partial charge is 0.464 e. The molecule has 0 fully saturated rings. The van der Waals surface area contributed by atoms with E-state index in [1.165, 1.54) is 20.8 Å². The highest BCUT2D eigenvalue weighted by molar-refractivity contribution is 5.78. The highest BCUT2D eigenvalue weighted by atomic mass is 16.4. The highest BCUT2D eigenvalue weighted by Gasteiger charge is 2.43. The number of nitrogens with one attached hydrogen (secondary N) is 4. The maximum atomic E-state index is 11.3. The predicted molar refractivity (Wildman–Crippen MR) is 75.0 cm³/mol. The summed E-state index contributed by atoms with van der Waals surface area (Å²) in [4.78, 5) is 45.0. The molecule has 0 aromatic carbocycles. The fourth-order valence-electron chi connectivity index (χ4n) is 1.53. The molecule has 14 nitrogen and oxygen atoms in total. The molecule has 10 N–H and O–H groups in total. The van der Waals surface area contributed by atoms with E-state index >= 15 is 0 Å². The summed E-state index contributed by atoms with van der Waals surface area (Å²) in [5, 5.41) is 19.2. The molecule has 0 saturated carbocycles. The van der Waals surface area contributed by atoms with Crippen LogP contribution in [0.2, 0.25) is 0 Å². The lowest BCUT2D eigenvalue weighted by molar-refractivity contribution is 0.00160. The van der Waals surface area contributed by atoms with Gasteiger partial charge in [0.15, 0.2) is 0 Å². The summed E-state index contributed by atoms with van der Waals surface area (Å²) >= 11 is 0. The quantitative estimate of drug-likeness (QED) is 0.168. The van der Waals surface area contributed by atoms with Gasteiger partial charge in [-0.3, -0.25) is 10.9 Å². The summed E-state index contributed by atoms with van der Waals surface area (Å²) in [5.74, 6) is 9.72. The van der Waals surface area contributed by atoms with Crippen LogP contribution in [-0.2, 0) is 0 Å². The van der Waals surface area contributed by atoms with Gasteiger partial charge in [-0.05, 0) is 20.8 Å². The third kappa shape index (κ3) is 5.04. The standard InChI is InChI=1S/C9H20N8O6/c1-4(16(7(20)21)14-5(18)12-10)9(2,3)17(8(22)23)15-6(19)13-11/h4H,10-11H2,1-3H3,(H,20,21)(H,22,23)(H2,12,14,18)(H2,13,15,19). The fraction of sp³-hybridized carbons (Fsp3) is 0.556. The molecule has 132 valence electrons. The molecule has 0 aromatic heterocycles. The van der Waals surface area contributed by atoms with Gasteiger partial charge in [0.1, 0.15) is 0 Å². The summed E-state index contributed by atoms with van der Waals surface area (Å²) in [5.41, 5.74) is 5.68. The van der Waals surface area contributed by atoms with E-state index in [0.717, 1.165) is 0 Å². The first kappa shape index (κ1) is 20.0. The second-order valence-corrected chi connectivity index (χ2v) is 4.77. The van der Waals surface area contributed by atoms with E-state index in [1.807, 2.05) is 10.9 Å². The maximum absolute atomic E-state index is 11.3. The molecule has 0 spiro atoms. The van der Waals surface area contributed by atoms with Crippen LogP contribution >= 0.6 is 0 Å². The minimum absolute atomic E-state index is 0.431. The van der Waals surface area contributed by atoms with Crippen molar-refractivity contribution in [1.82, 2.24) is 31.7 Å². The number of hydrazine groups is 4. The van der Waals surface area contributed by atoms with Gasteiger partial charge in [-0.25, -0.2) is 51.7 Å². The minimum Gasteiger partial charge on any atom is -0.464 e. The van der Waals surface area contributed by atoms with Crippen molar-refractivity contribution in [2.24, 2.45) is 11.7 Å². The fourth-order valence-corrected chi connectivity index (χ4v) is 1.53. The van der Waals surface area contributed by atoms with Crippen LogP contribution in [0.15, 0.2) is 0 Å². The summed E-state index contributed by atoms with van der Waals surface area (Å²) < 4.78 is 0. The zero-order chi connectivity index (χ0) is 18.4. The number of carboxylic acid groups (broad SMARTS) is 2. The lowest BCUT2D eigenvalue weighted by Gasteiger charge is -2.43. The molecule has 1 unspecified atom stereocenters. The van der Waals surface area contributed by atoms with Gasteiger partial charge in [0.05, 0.1) is 11.6 Å². The van der Waals surface area contributed by atoms with Gasteiger partial charge in [-0.1, -0.05) is 0 Å². The first-order chi connectivity index (χ1) is 10.5. The van der Waals surface area contributed by atoms with Gasteiger partial charge < -0.3 is 10.2 Å². The van der Waals surface area contributed by atoms with Crippen molar-refractivity contribution in [3.8, 4) is 0 Å². The van der Waals surface area contributed by atoms with Crippen LogP contribution in [0, 0.1) is 0 Å². The van der Waals surface area contributed by atoms with Crippen molar-refractivity contribution in [3.05, 3.63) is 0 Å². The topological polar surface area (TPSA) is 215 Å². The van der Waals surface area contributed by atoms with E-state index in [2.05, 4.69) is 0 Å². The second kappa shape index (κ2) is 7.85. The molecule has 0 bridgehead atoms. The van der Waals surface area contributed by atoms with E-state index in [4.69, 9.17) is 16.8 Å². The van der Waals surface area contributed by atoms with Gasteiger partial charge in [-0.2, -0.15) is 0 Å². The molecule has 0 saturated heterocycles. The zero-order valence-electron chi connectivity index (χ0n) is 12.7. The first-order valence-corrected chi connectivity index (χ1v) is 6.08. The number of hydrogen-bond acceptors (Lipinski definition) is 6. The monoisotopic (exact) mass is 336 g/mol. The van der Waals surface area contributed by atoms with Gasteiger partial charge in [0, 0.05) is 0 Å². The number of hydrogen-bond donors (Lipinski definition) is 8. The number of carbonyl (C=O) groups excluding carboxylic acids is 2. The number of carbonyl (C=O) groups is 4. The molecular weight excluding hydrogens is 316 g/mol. The molecule has 0 aliphatic rings. The average molecular weight is 336 g/mol. The molecule has 14 heteroatoms. The number of rotatable bonds is 3. The first-order valence-electron chi connectivity index (χ1n) is 6.08. The van der Waals surface area contributed by atoms with E-state index in [-0.39, 0.29) is 0 Å². The Morgan fingerprint density at radius 1 is 0.957 bits per heavy atom. The Hall–Kier alpha value is -3.00. The number of amides is 6. The van der Waals surface area contributed by atoms with Crippen LogP contribution in [0.25, 0.3) is 0 Å². The average Bonchev–Trinajstić information content (AvgIpc) is 2.47. The molecular formula is C9H20N8O6. The smallest absolute Gasteiger partial charge is 0.426 e. The zero-order valence-corrected chi connectivity index (χ0v) is 12.7. The van der Waals surface area contributed by atoms with Crippen molar-refractivity contribution < 1.29 is 29.4 Å². The summed E-state index contributed by atoms with van der Waals surface area (Å²) in [6, 6.07) is -3.22. The van der Waals surface area contributed by atoms with Crippen molar-refractivity contribution in [2.45, 2.75) is 32.4 Å². The molecule has 6 amide bonds. The molecule has 0 heterocycles. The minimum atomic E-state index is -1.58. The predicted octanol–water partition coefficient (Wildman–Crippen LogP) is -1.71. The Kier molecular flexibility index (Phi) is 6.83. The van der Waals surface area contributed by atoms with E-state index in [9.17, 15) is 24.3 Å². The Morgan fingerprint density at radius 2 is 1.39 bits per heavy atom. The summed E-state index contributed by atoms with van der Waals surface area (Å²) in [7, 11) is 0. The molecule has 23 heavy (non-hydrogen) atoms. The normalized spacial score (nSPS) is 11.7. The Bertz CT molecular complexity index is 483. The SMILES string of the molecule is CC(N(NC(=O)NN)C(=O)O)C(C)(C)N(NC(=O)NN)C(=O)O. The van der Waals surface area contributed by atoms with Crippen molar-refractivity contribution in [1.29, 1.82) is 0 Å². The highest BCUT2D eigenvalue weighted by Crippen LogP contribution is 2.21. The van der Waals surface area contributed by atoms with Crippen molar-refractivity contribution >= 4 is 24.2 Å². The lowest BCUT2D eigenvalue weighted by atomic mass is 9.95. The lowest BCUT2D eigenvalue weighted by Crippen LogP contribution is -2.69. The summed E-state index contributed by atoms with van der Waals surface area (Å²) in [6.07, 6.45) is -3.16. The molecule has 1 atom stereocenters. The van der Waals surface area contributed by atoms with Crippen LogP contribution in [0.5, 0.6) is 0 Å². The number of urea groups is 2. The van der Waals surface area contributed by atoms with Gasteiger partial charge in [0.2, 0.25) is 0 Å². The third-order valence-electron chi connectivity index (χ3n) is 3.08. The number of nitrogens with two attached hydrogens (primary N) is 2. The summed E-state index contributed by atoms with van der Waals surface area (Å²) in [6.45, 7) is 3.95.